The second-order valence-corrected chi connectivity index (χ2v) is 8.26. The van der Waals surface area contributed by atoms with Gasteiger partial charge in [-0.1, -0.05) is 63.8 Å². The third kappa shape index (κ3) is 4.69. The minimum Gasteiger partial charge on any atom is -0.369 e. The molecule has 0 aliphatic carbocycles. The molecule has 24 heavy (non-hydrogen) atoms. The van der Waals surface area contributed by atoms with E-state index in [2.05, 4.69) is 20.3 Å². The lowest BCUT2D eigenvalue weighted by atomic mass is 10.2. The first-order chi connectivity index (χ1) is 11.6. The van der Waals surface area contributed by atoms with Gasteiger partial charge in [-0.25, -0.2) is 0 Å². The van der Waals surface area contributed by atoms with Crippen molar-refractivity contribution in [2.45, 2.75) is 14.4 Å². The van der Waals surface area contributed by atoms with Crippen LogP contribution in [0.5, 0.6) is 0 Å². The van der Waals surface area contributed by atoms with Gasteiger partial charge >= 0.3 is 0 Å². The normalized spacial score (nSPS) is 10.9. The fraction of sp³-hybridized carbons (Fsp3) is 0.154. The topological polar surface area (TPSA) is 108 Å². The molecule has 0 saturated heterocycles. The molecule has 0 aliphatic rings. The highest BCUT2D eigenvalue weighted by atomic mass is 35.5. The summed E-state index contributed by atoms with van der Waals surface area (Å²) in [7, 11) is 0. The quantitative estimate of drug-likeness (QED) is 0.603. The molecule has 2 N–H and O–H groups in total. The van der Waals surface area contributed by atoms with Crippen LogP contribution in [-0.2, 0) is 10.5 Å². The van der Waals surface area contributed by atoms with Crippen LogP contribution in [-0.4, -0.2) is 32.0 Å². The molecule has 0 aliphatic heterocycles. The van der Waals surface area contributed by atoms with E-state index in [1.807, 2.05) is 12.1 Å². The van der Waals surface area contributed by atoms with E-state index in [1.54, 1.807) is 12.1 Å². The molecule has 2 aromatic heterocycles. The second kappa shape index (κ2) is 7.97. The molecule has 0 bridgehead atoms. The lowest BCUT2D eigenvalue weighted by Crippen LogP contribution is -2.12. The summed E-state index contributed by atoms with van der Waals surface area (Å²) in [5.74, 6) is 1.25. The van der Waals surface area contributed by atoms with Gasteiger partial charge < -0.3 is 10.3 Å². The van der Waals surface area contributed by atoms with Crippen LogP contribution < -0.4 is 5.73 Å². The van der Waals surface area contributed by atoms with Gasteiger partial charge in [0.25, 0.3) is 0 Å². The Hall–Kier alpha value is -1.62. The first-order valence-corrected chi connectivity index (χ1v) is 9.72. The van der Waals surface area contributed by atoms with E-state index in [1.165, 1.54) is 34.9 Å². The zero-order valence-corrected chi connectivity index (χ0v) is 15.2. The van der Waals surface area contributed by atoms with Crippen LogP contribution in [0.1, 0.15) is 5.89 Å². The first-order valence-electron chi connectivity index (χ1n) is 6.56. The number of nitrogens with zero attached hydrogens (tertiary/aromatic N) is 4. The molecule has 0 spiro atoms. The summed E-state index contributed by atoms with van der Waals surface area (Å²) in [5, 5.41) is 12.6. The maximum Gasteiger partial charge on any atom is 0.237 e. The first kappa shape index (κ1) is 17.2. The predicted octanol–water partition coefficient (Wildman–Crippen LogP) is 3.11. The smallest absolute Gasteiger partial charge is 0.237 e. The highest BCUT2D eigenvalue weighted by Crippen LogP contribution is 2.30. The van der Waals surface area contributed by atoms with E-state index < -0.39 is 0 Å². The number of hydrogen-bond acceptors (Lipinski definition) is 9. The minimum absolute atomic E-state index is 0.186. The van der Waals surface area contributed by atoms with Gasteiger partial charge in [-0.05, 0) is 12.1 Å². The number of primary amides is 1. The summed E-state index contributed by atoms with van der Waals surface area (Å²) in [4.78, 5) is 15.1. The van der Waals surface area contributed by atoms with Crippen molar-refractivity contribution in [1.82, 2.24) is 20.3 Å². The van der Waals surface area contributed by atoms with Crippen LogP contribution in [0.4, 0.5) is 0 Å². The van der Waals surface area contributed by atoms with E-state index >= 15 is 0 Å². The van der Waals surface area contributed by atoms with E-state index in [0.29, 0.717) is 26.8 Å². The van der Waals surface area contributed by atoms with Gasteiger partial charge in [0.2, 0.25) is 17.6 Å². The summed E-state index contributed by atoms with van der Waals surface area (Å²) in [6, 6.07) is 7.25. The van der Waals surface area contributed by atoms with Gasteiger partial charge in [-0.2, -0.15) is 4.98 Å². The average Bonchev–Trinajstić information content (AvgIpc) is 3.20. The maximum absolute atomic E-state index is 10.7. The molecule has 3 rings (SSSR count). The van der Waals surface area contributed by atoms with Gasteiger partial charge in [-0.3, -0.25) is 4.79 Å². The lowest BCUT2D eigenvalue weighted by molar-refractivity contribution is -0.115. The summed E-state index contributed by atoms with van der Waals surface area (Å²) in [6.45, 7) is 0. The van der Waals surface area contributed by atoms with Crippen LogP contribution >= 0.6 is 46.5 Å². The monoisotopic (exact) mass is 399 g/mol. The molecular formula is C13H10ClN5O2S3. The highest BCUT2D eigenvalue weighted by molar-refractivity contribution is 8.03. The Labute approximate surface area is 154 Å². The molecule has 7 nitrogen and oxygen atoms in total. The Morgan fingerprint density at radius 2 is 2.08 bits per heavy atom. The van der Waals surface area contributed by atoms with Crippen molar-refractivity contribution in [1.29, 1.82) is 0 Å². The number of halogens is 1. The Morgan fingerprint density at radius 1 is 1.29 bits per heavy atom. The maximum atomic E-state index is 10.7. The van der Waals surface area contributed by atoms with Gasteiger partial charge in [-0.15, -0.1) is 10.2 Å². The number of aromatic nitrogens is 4. The van der Waals surface area contributed by atoms with E-state index in [4.69, 9.17) is 21.9 Å². The molecule has 0 radical (unpaired) electrons. The minimum atomic E-state index is -0.385. The Kier molecular flexibility index (Phi) is 5.72. The number of thioether (sulfide) groups is 2. The van der Waals surface area contributed by atoms with Crippen molar-refractivity contribution >= 4 is 52.4 Å². The number of rotatable bonds is 7. The van der Waals surface area contributed by atoms with Gasteiger partial charge in [0.1, 0.15) is 0 Å². The van der Waals surface area contributed by atoms with Crippen molar-refractivity contribution in [2.24, 2.45) is 5.73 Å². The largest absolute Gasteiger partial charge is 0.369 e. The molecular weight excluding hydrogens is 390 g/mol. The number of carbonyl (C=O) groups excluding carboxylic acids is 1. The SMILES string of the molecule is NC(=O)CSc1nnc(SCc2nc(-c3cccc(Cl)c3)no2)s1. The molecule has 0 saturated carbocycles. The second-order valence-electron chi connectivity index (χ2n) is 4.40. The molecule has 1 aromatic carbocycles. The third-order valence-corrected chi connectivity index (χ3v) is 6.03. The molecule has 0 atom stereocenters. The zero-order valence-electron chi connectivity index (χ0n) is 12.0. The zero-order chi connectivity index (χ0) is 16.9. The highest BCUT2D eigenvalue weighted by Gasteiger charge is 2.12. The lowest BCUT2D eigenvalue weighted by Gasteiger charge is -1.93. The van der Waals surface area contributed by atoms with Gasteiger partial charge in [0.15, 0.2) is 8.68 Å². The van der Waals surface area contributed by atoms with Crippen molar-refractivity contribution < 1.29 is 9.32 Å². The fourth-order valence-corrected chi connectivity index (χ4v) is 4.42. The van der Waals surface area contributed by atoms with Crippen LogP contribution in [0.25, 0.3) is 11.4 Å². The number of hydrogen-bond donors (Lipinski definition) is 1. The number of carbonyl (C=O) groups is 1. The average molecular weight is 400 g/mol. The molecule has 0 fully saturated rings. The predicted molar refractivity (Wildman–Crippen MR) is 94.1 cm³/mol. The number of amides is 1. The van der Waals surface area contributed by atoms with E-state index in [9.17, 15) is 4.79 Å². The molecule has 1 amide bonds. The number of benzene rings is 1. The molecule has 0 unspecified atom stereocenters. The van der Waals surface area contributed by atoms with Crippen LogP contribution in [0.15, 0.2) is 37.5 Å². The van der Waals surface area contributed by atoms with Gasteiger partial charge in [0, 0.05) is 10.6 Å². The summed E-state index contributed by atoms with van der Waals surface area (Å²) in [5.41, 5.74) is 5.89. The van der Waals surface area contributed by atoms with Crippen molar-refractivity contribution in [3.05, 3.63) is 35.2 Å². The molecule has 2 heterocycles. The molecule has 11 heteroatoms. The number of nitrogens with two attached hydrogens (primary N) is 1. The van der Waals surface area contributed by atoms with Crippen molar-refractivity contribution in [3.63, 3.8) is 0 Å². The standard InChI is InChI=1S/C13H10ClN5O2S3/c14-8-3-1-2-7(4-8)11-16-10(21-19-11)6-23-13-18-17-12(24-13)22-5-9(15)20/h1-4H,5-6H2,(H2,15,20). The van der Waals surface area contributed by atoms with Crippen LogP contribution in [0, 0.1) is 0 Å². The van der Waals surface area contributed by atoms with Gasteiger partial charge in [0.05, 0.1) is 11.5 Å². The van der Waals surface area contributed by atoms with Crippen molar-refractivity contribution in [2.75, 3.05) is 5.75 Å². The molecule has 3 aromatic rings. The van der Waals surface area contributed by atoms with Crippen LogP contribution in [0.3, 0.4) is 0 Å². The summed E-state index contributed by atoms with van der Waals surface area (Å²) >= 11 is 10.0. The van der Waals surface area contributed by atoms with E-state index in [-0.39, 0.29) is 11.7 Å². The Bertz CT molecular complexity index is 854. The Balaban J connectivity index is 1.58. The van der Waals surface area contributed by atoms with E-state index in [0.717, 1.165) is 9.90 Å². The molecule has 124 valence electrons. The Morgan fingerprint density at radius 3 is 2.83 bits per heavy atom. The fourth-order valence-electron chi connectivity index (χ4n) is 1.63. The summed E-state index contributed by atoms with van der Waals surface area (Å²) in [6.07, 6.45) is 0. The summed E-state index contributed by atoms with van der Waals surface area (Å²) < 4.78 is 6.68. The van der Waals surface area contributed by atoms with Crippen LogP contribution in [0.2, 0.25) is 5.02 Å². The van der Waals surface area contributed by atoms with Crippen molar-refractivity contribution in [3.8, 4) is 11.4 Å². The third-order valence-electron chi connectivity index (χ3n) is 2.60.